The number of nitrogens with zero attached hydrogens (tertiary/aromatic N) is 4. The molecule has 25 heavy (non-hydrogen) atoms. The van der Waals surface area contributed by atoms with Crippen LogP contribution in [0.3, 0.4) is 0 Å². The Hall–Kier alpha value is -2.38. The number of carbonyl (C=O) groups excluding carboxylic acids is 1. The third kappa shape index (κ3) is 4.80. The molecule has 1 N–H and O–H groups in total. The minimum absolute atomic E-state index is 0.0849. The lowest BCUT2D eigenvalue weighted by atomic mass is 10.1. The van der Waals surface area contributed by atoms with E-state index in [1.807, 2.05) is 61.4 Å². The van der Waals surface area contributed by atoms with E-state index in [1.54, 1.807) is 4.90 Å². The number of aromatic nitrogens is 2. The number of ether oxygens (including phenoxy) is 1. The first-order valence-corrected chi connectivity index (χ1v) is 8.52. The van der Waals surface area contributed by atoms with Gasteiger partial charge in [-0.05, 0) is 19.7 Å². The number of carbonyl (C=O) groups is 1. The van der Waals surface area contributed by atoms with Gasteiger partial charge in [-0.2, -0.15) is 5.10 Å². The third-order valence-corrected chi connectivity index (χ3v) is 4.18. The highest BCUT2D eigenvalue weighted by Gasteiger charge is 2.25. The molecular formula is C18H25N5O2. The monoisotopic (exact) mass is 343 g/mol. The van der Waals surface area contributed by atoms with Crippen LogP contribution >= 0.6 is 0 Å². The van der Waals surface area contributed by atoms with Crippen LogP contribution in [-0.2, 0) is 11.3 Å². The Kier molecular flexibility index (Phi) is 5.67. The molecular weight excluding hydrogens is 318 g/mol. The Morgan fingerprint density at radius 3 is 2.88 bits per heavy atom. The van der Waals surface area contributed by atoms with Crippen LogP contribution in [0.4, 0.5) is 10.6 Å². The van der Waals surface area contributed by atoms with Gasteiger partial charge in [0.25, 0.3) is 0 Å². The van der Waals surface area contributed by atoms with Gasteiger partial charge >= 0.3 is 6.03 Å². The van der Waals surface area contributed by atoms with Crippen molar-refractivity contribution < 1.29 is 9.53 Å². The number of amides is 2. The molecule has 1 aliphatic rings. The van der Waals surface area contributed by atoms with Crippen molar-refractivity contribution in [3.8, 4) is 0 Å². The van der Waals surface area contributed by atoms with Crippen molar-refractivity contribution in [3.63, 3.8) is 0 Å². The summed E-state index contributed by atoms with van der Waals surface area (Å²) in [6.07, 6.45) is 1.80. The summed E-state index contributed by atoms with van der Waals surface area (Å²) in [5.41, 5.74) is 1.09. The van der Waals surface area contributed by atoms with Gasteiger partial charge in [-0.25, -0.2) is 4.79 Å². The van der Waals surface area contributed by atoms with E-state index in [2.05, 4.69) is 15.3 Å². The minimum Gasteiger partial charge on any atom is -0.370 e. The van der Waals surface area contributed by atoms with Crippen LogP contribution in [0.25, 0.3) is 0 Å². The zero-order chi connectivity index (χ0) is 17.6. The van der Waals surface area contributed by atoms with Crippen LogP contribution in [-0.4, -0.2) is 65.9 Å². The summed E-state index contributed by atoms with van der Waals surface area (Å²) in [7, 11) is 4.04. The second-order valence-electron chi connectivity index (χ2n) is 6.41. The first-order chi connectivity index (χ1) is 12.1. The van der Waals surface area contributed by atoms with Gasteiger partial charge in [0.05, 0.1) is 19.7 Å². The second kappa shape index (κ2) is 8.13. The van der Waals surface area contributed by atoms with Gasteiger partial charge in [-0.1, -0.05) is 30.3 Å². The number of morpholine rings is 1. The van der Waals surface area contributed by atoms with Gasteiger partial charge in [-0.15, -0.1) is 0 Å². The maximum absolute atomic E-state index is 12.5. The smallest absolute Gasteiger partial charge is 0.323 e. The van der Waals surface area contributed by atoms with Crippen LogP contribution in [0.15, 0.2) is 42.6 Å². The van der Waals surface area contributed by atoms with Gasteiger partial charge < -0.3 is 14.5 Å². The number of benzene rings is 1. The van der Waals surface area contributed by atoms with E-state index >= 15 is 0 Å². The first-order valence-electron chi connectivity index (χ1n) is 8.52. The van der Waals surface area contributed by atoms with Crippen molar-refractivity contribution >= 4 is 11.8 Å². The molecule has 1 unspecified atom stereocenters. The van der Waals surface area contributed by atoms with Gasteiger partial charge in [0.15, 0.2) is 5.82 Å². The molecule has 1 saturated heterocycles. The molecule has 2 amide bonds. The summed E-state index contributed by atoms with van der Waals surface area (Å²) >= 11 is 0. The number of anilines is 1. The van der Waals surface area contributed by atoms with E-state index < -0.39 is 0 Å². The zero-order valence-corrected chi connectivity index (χ0v) is 14.8. The van der Waals surface area contributed by atoms with Crippen LogP contribution in [0.1, 0.15) is 11.7 Å². The predicted molar refractivity (Wildman–Crippen MR) is 96.5 cm³/mol. The third-order valence-electron chi connectivity index (χ3n) is 4.18. The molecule has 0 radical (unpaired) electrons. The highest BCUT2D eigenvalue weighted by Crippen LogP contribution is 2.22. The molecule has 3 rings (SSSR count). The van der Waals surface area contributed by atoms with Crippen molar-refractivity contribution in [2.45, 2.75) is 12.6 Å². The molecule has 134 valence electrons. The number of urea groups is 1. The van der Waals surface area contributed by atoms with Crippen LogP contribution in [0.2, 0.25) is 0 Å². The maximum Gasteiger partial charge on any atom is 0.323 e. The molecule has 0 saturated carbocycles. The fourth-order valence-corrected chi connectivity index (χ4v) is 2.75. The van der Waals surface area contributed by atoms with Crippen molar-refractivity contribution in [2.24, 2.45) is 0 Å². The van der Waals surface area contributed by atoms with Gasteiger partial charge in [-0.3, -0.25) is 10.00 Å². The van der Waals surface area contributed by atoms with Crippen LogP contribution < -0.4 is 5.32 Å². The quantitative estimate of drug-likeness (QED) is 0.903. The normalized spacial score (nSPS) is 17.7. The lowest BCUT2D eigenvalue weighted by molar-refractivity contribution is -0.0135. The van der Waals surface area contributed by atoms with Crippen LogP contribution in [0.5, 0.6) is 0 Å². The Morgan fingerprint density at radius 1 is 1.32 bits per heavy atom. The summed E-state index contributed by atoms with van der Waals surface area (Å²) in [5.74, 6) is 0.575. The Balaban J connectivity index is 1.56. The lowest BCUT2D eigenvalue weighted by Crippen LogP contribution is -2.44. The van der Waals surface area contributed by atoms with Crippen molar-refractivity contribution in [3.05, 3.63) is 48.2 Å². The average molecular weight is 343 g/mol. The summed E-state index contributed by atoms with van der Waals surface area (Å²) in [6.45, 7) is 3.34. The molecule has 1 fully saturated rings. The molecule has 0 aliphatic carbocycles. The van der Waals surface area contributed by atoms with Crippen molar-refractivity contribution in [2.75, 3.05) is 45.7 Å². The second-order valence-corrected chi connectivity index (χ2v) is 6.41. The summed E-state index contributed by atoms with van der Waals surface area (Å²) < 4.78 is 7.64. The molecule has 0 bridgehead atoms. The summed E-state index contributed by atoms with van der Waals surface area (Å²) in [6, 6.07) is 11.7. The average Bonchev–Trinajstić information content (AvgIpc) is 3.08. The van der Waals surface area contributed by atoms with Crippen LogP contribution in [0, 0.1) is 0 Å². The zero-order valence-electron chi connectivity index (χ0n) is 14.8. The van der Waals surface area contributed by atoms with Gasteiger partial charge in [0.2, 0.25) is 0 Å². The molecule has 1 aliphatic heterocycles. The van der Waals surface area contributed by atoms with E-state index in [0.717, 1.165) is 18.7 Å². The number of hydrogen-bond acceptors (Lipinski definition) is 4. The van der Waals surface area contributed by atoms with Gasteiger partial charge in [0, 0.05) is 25.4 Å². The van der Waals surface area contributed by atoms with E-state index in [1.165, 1.54) is 0 Å². The van der Waals surface area contributed by atoms with Gasteiger partial charge in [0.1, 0.15) is 6.10 Å². The number of hydrogen-bond donors (Lipinski definition) is 1. The van der Waals surface area contributed by atoms with Crippen molar-refractivity contribution in [1.82, 2.24) is 19.6 Å². The Bertz CT molecular complexity index is 686. The van der Waals surface area contributed by atoms with E-state index in [9.17, 15) is 4.79 Å². The molecule has 7 nitrogen and oxygen atoms in total. The molecule has 0 spiro atoms. The predicted octanol–water partition coefficient (Wildman–Crippen LogP) is 2.05. The lowest BCUT2D eigenvalue weighted by Gasteiger charge is -2.33. The minimum atomic E-state index is -0.137. The fourth-order valence-electron chi connectivity index (χ4n) is 2.75. The topological polar surface area (TPSA) is 62.6 Å². The van der Waals surface area contributed by atoms with E-state index in [-0.39, 0.29) is 12.1 Å². The highest BCUT2D eigenvalue weighted by molar-refractivity contribution is 5.88. The molecule has 1 atom stereocenters. The van der Waals surface area contributed by atoms with E-state index in [4.69, 9.17) is 4.74 Å². The Morgan fingerprint density at radius 2 is 2.12 bits per heavy atom. The first kappa shape index (κ1) is 17.4. The molecule has 7 heteroatoms. The fraction of sp³-hybridized carbons (Fsp3) is 0.444. The number of likely N-dealkylation sites (N-methyl/N-ethyl adjacent to an activating group) is 1. The number of nitrogens with one attached hydrogen (secondary N) is 1. The Labute approximate surface area is 148 Å². The summed E-state index contributed by atoms with van der Waals surface area (Å²) in [4.78, 5) is 16.4. The molecule has 1 aromatic heterocycles. The molecule has 1 aromatic carbocycles. The maximum atomic E-state index is 12.5. The standard InChI is InChI=1S/C18H25N5O2/c1-21(2)10-11-23-9-8-17(20-23)19-18(24)22-12-13-25-16(14-22)15-6-4-3-5-7-15/h3-9,16H,10-14H2,1-2H3,(H,19,20,24). The summed E-state index contributed by atoms with van der Waals surface area (Å²) in [5, 5.41) is 7.27. The number of rotatable bonds is 5. The van der Waals surface area contributed by atoms with Crippen molar-refractivity contribution in [1.29, 1.82) is 0 Å². The highest BCUT2D eigenvalue weighted by atomic mass is 16.5. The largest absolute Gasteiger partial charge is 0.370 e. The SMILES string of the molecule is CN(C)CCn1ccc(NC(=O)N2CCOC(c3ccccc3)C2)n1. The molecule has 2 aromatic rings. The van der Waals surface area contributed by atoms with E-state index in [0.29, 0.717) is 25.5 Å². The molecule has 2 heterocycles.